The molecule has 0 amide bonds. The van der Waals surface area contributed by atoms with Gasteiger partial charge in [-0.2, -0.15) is 0 Å². The molecule has 1 saturated carbocycles. The molecule has 0 spiro atoms. The molecule has 1 fully saturated rings. The summed E-state index contributed by atoms with van der Waals surface area (Å²) in [5.41, 5.74) is 3.93. The van der Waals surface area contributed by atoms with E-state index in [1.165, 1.54) is 25.6 Å². The first-order valence-corrected chi connectivity index (χ1v) is 4.63. The fourth-order valence-corrected chi connectivity index (χ4v) is 1.75. The molecule has 1 heterocycles. The molecule has 1 aromatic heterocycles. The van der Waals surface area contributed by atoms with Gasteiger partial charge in [0.05, 0.1) is 6.04 Å². The van der Waals surface area contributed by atoms with Gasteiger partial charge in [0.25, 0.3) is 0 Å². The molecule has 70 valence electrons. The maximum Gasteiger partial charge on any atom is 0.115 e. The first-order valence-electron chi connectivity index (χ1n) is 4.63. The summed E-state index contributed by atoms with van der Waals surface area (Å²) < 4.78 is 0. The van der Waals surface area contributed by atoms with Crippen molar-refractivity contribution in [1.29, 1.82) is 0 Å². The van der Waals surface area contributed by atoms with E-state index in [4.69, 9.17) is 5.84 Å². The van der Waals surface area contributed by atoms with Gasteiger partial charge >= 0.3 is 0 Å². The second kappa shape index (κ2) is 3.81. The van der Waals surface area contributed by atoms with E-state index in [2.05, 4.69) is 15.4 Å². The summed E-state index contributed by atoms with van der Waals surface area (Å²) in [7, 11) is 0. The van der Waals surface area contributed by atoms with Crippen molar-refractivity contribution in [2.75, 3.05) is 0 Å². The van der Waals surface area contributed by atoms with Gasteiger partial charge in [0.1, 0.15) is 6.33 Å². The molecule has 13 heavy (non-hydrogen) atoms. The topological polar surface area (TPSA) is 63.8 Å². The van der Waals surface area contributed by atoms with Crippen LogP contribution in [0.4, 0.5) is 0 Å². The first-order chi connectivity index (χ1) is 6.42. The molecule has 0 bridgehead atoms. The van der Waals surface area contributed by atoms with Crippen LogP contribution >= 0.6 is 0 Å². The number of aromatic nitrogens is 2. The molecule has 1 aliphatic rings. The van der Waals surface area contributed by atoms with Crippen LogP contribution in [0.2, 0.25) is 0 Å². The molecule has 1 unspecified atom stereocenters. The lowest BCUT2D eigenvalue weighted by atomic mass is 9.78. The molecule has 4 heteroatoms. The van der Waals surface area contributed by atoms with Crippen LogP contribution in [-0.4, -0.2) is 9.97 Å². The van der Waals surface area contributed by atoms with Gasteiger partial charge in [-0.1, -0.05) is 6.42 Å². The Labute approximate surface area is 77.5 Å². The van der Waals surface area contributed by atoms with Gasteiger partial charge in [-0.05, 0) is 18.8 Å². The van der Waals surface area contributed by atoms with Crippen LogP contribution in [0.1, 0.15) is 30.9 Å². The van der Waals surface area contributed by atoms with Crippen LogP contribution in [0.25, 0.3) is 0 Å². The maximum absolute atomic E-state index is 5.51. The van der Waals surface area contributed by atoms with Crippen molar-refractivity contribution in [1.82, 2.24) is 15.4 Å². The zero-order valence-electron chi connectivity index (χ0n) is 7.48. The van der Waals surface area contributed by atoms with Crippen molar-refractivity contribution in [3.8, 4) is 0 Å². The van der Waals surface area contributed by atoms with Gasteiger partial charge in [0.15, 0.2) is 0 Å². The molecule has 2 rings (SSSR count). The molecule has 0 saturated heterocycles. The quantitative estimate of drug-likeness (QED) is 0.530. The lowest BCUT2D eigenvalue weighted by Gasteiger charge is -2.33. The van der Waals surface area contributed by atoms with Crippen LogP contribution in [0, 0.1) is 5.92 Å². The Balaban J connectivity index is 2.12. The molecular weight excluding hydrogens is 164 g/mol. The Morgan fingerprint density at radius 3 is 2.54 bits per heavy atom. The van der Waals surface area contributed by atoms with Crippen LogP contribution in [-0.2, 0) is 0 Å². The van der Waals surface area contributed by atoms with Crippen molar-refractivity contribution in [3.63, 3.8) is 0 Å². The van der Waals surface area contributed by atoms with Crippen molar-refractivity contribution >= 4 is 0 Å². The Morgan fingerprint density at radius 2 is 2.08 bits per heavy atom. The number of hydrazine groups is 1. The summed E-state index contributed by atoms with van der Waals surface area (Å²) in [5.74, 6) is 6.17. The van der Waals surface area contributed by atoms with E-state index >= 15 is 0 Å². The highest BCUT2D eigenvalue weighted by molar-refractivity contribution is 5.11. The summed E-state index contributed by atoms with van der Waals surface area (Å²) in [4.78, 5) is 7.98. The normalized spacial score (nSPS) is 19.5. The van der Waals surface area contributed by atoms with Crippen molar-refractivity contribution in [2.45, 2.75) is 25.3 Å². The minimum Gasteiger partial charge on any atom is -0.271 e. The number of nitrogens with one attached hydrogen (secondary N) is 1. The van der Waals surface area contributed by atoms with Crippen molar-refractivity contribution < 1.29 is 0 Å². The van der Waals surface area contributed by atoms with E-state index < -0.39 is 0 Å². The molecule has 0 aliphatic heterocycles. The van der Waals surface area contributed by atoms with Gasteiger partial charge in [-0.3, -0.25) is 11.3 Å². The highest BCUT2D eigenvalue weighted by Gasteiger charge is 2.27. The van der Waals surface area contributed by atoms with Gasteiger partial charge < -0.3 is 0 Å². The average molecular weight is 178 g/mol. The fourth-order valence-electron chi connectivity index (χ4n) is 1.75. The summed E-state index contributed by atoms with van der Waals surface area (Å²) >= 11 is 0. The number of hydrogen-bond donors (Lipinski definition) is 2. The third-order valence-corrected chi connectivity index (χ3v) is 2.74. The smallest absolute Gasteiger partial charge is 0.115 e. The van der Waals surface area contributed by atoms with E-state index in [-0.39, 0.29) is 6.04 Å². The first kappa shape index (κ1) is 8.59. The number of rotatable bonds is 3. The van der Waals surface area contributed by atoms with E-state index in [0.29, 0.717) is 5.92 Å². The highest BCUT2D eigenvalue weighted by Crippen LogP contribution is 2.36. The second-order valence-corrected chi connectivity index (χ2v) is 3.51. The zero-order chi connectivity index (χ0) is 9.10. The van der Waals surface area contributed by atoms with Gasteiger partial charge in [0, 0.05) is 18.0 Å². The number of nitrogens with two attached hydrogens (primary N) is 1. The van der Waals surface area contributed by atoms with E-state index in [0.717, 1.165) is 5.56 Å². The molecule has 1 aromatic rings. The van der Waals surface area contributed by atoms with Gasteiger partial charge in [-0.25, -0.2) is 9.97 Å². The fraction of sp³-hybridized carbons (Fsp3) is 0.556. The highest BCUT2D eigenvalue weighted by atomic mass is 15.2. The average Bonchev–Trinajstić information content (AvgIpc) is 2.12. The molecule has 1 aliphatic carbocycles. The summed E-state index contributed by atoms with van der Waals surface area (Å²) in [6.45, 7) is 0. The van der Waals surface area contributed by atoms with E-state index in [1.54, 1.807) is 0 Å². The Bertz CT molecular complexity index is 258. The van der Waals surface area contributed by atoms with Crippen LogP contribution in [0.5, 0.6) is 0 Å². The molecule has 1 atom stereocenters. The monoisotopic (exact) mass is 178 g/mol. The number of nitrogens with zero attached hydrogens (tertiary/aromatic N) is 2. The van der Waals surface area contributed by atoms with Crippen molar-refractivity contribution in [3.05, 3.63) is 24.3 Å². The Hall–Kier alpha value is -1.00. The van der Waals surface area contributed by atoms with Crippen LogP contribution in [0.15, 0.2) is 18.7 Å². The van der Waals surface area contributed by atoms with Gasteiger partial charge in [-0.15, -0.1) is 0 Å². The molecular formula is C9H14N4. The van der Waals surface area contributed by atoms with Gasteiger partial charge in [0.2, 0.25) is 0 Å². The van der Waals surface area contributed by atoms with Crippen molar-refractivity contribution in [2.24, 2.45) is 11.8 Å². The Morgan fingerprint density at radius 1 is 1.38 bits per heavy atom. The SMILES string of the molecule is NNC(c1cncnc1)C1CCC1. The van der Waals surface area contributed by atoms with E-state index in [9.17, 15) is 0 Å². The summed E-state index contributed by atoms with van der Waals surface area (Å²) in [6.07, 6.45) is 9.02. The predicted molar refractivity (Wildman–Crippen MR) is 49.4 cm³/mol. The van der Waals surface area contributed by atoms with E-state index in [1.807, 2.05) is 12.4 Å². The predicted octanol–water partition coefficient (Wildman–Crippen LogP) is 0.781. The van der Waals surface area contributed by atoms with Crippen LogP contribution in [0.3, 0.4) is 0 Å². The lowest BCUT2D eigenvalue weighted by molar-refractivity contribution is 0.231. The second-order valence-electron chi connectivity index (χ2n) is 3.51. The van der Waals surface area contributed by atoms with Crippen LogP contribution < -0.4 is 11.3 Å². The maximum atomic E-state index is 5.51. The molecule has 0 radical (unpaired) electrons. The molecule has 4 nitrogen and oxygen atoms in total. The minimum atomic E-state index is 0.231. The zero-order valence-corrected chi connectivity index (χ0v) is 7.48. The third-order valence-electron chi connectivity index (χ3n) is 2.74. The largest absolute Gasteiger partial charge is 0.271 e. The third kappa shape index (κ3) is 1.68. The summed E-state index contributed by atoms with van der Waals surface area (Å²) in [5, 5.41) is 0. The molecule has 3 N–H and O–H groups in total. The summed E-state index contributed by atoms with van der Waals surface area (Å²) in [6, 6.07) is 0.231. The molecule has 0 aromatic carbocycles. The standard InChI is InChI=1S/C9H14N4/c10-13-9(7-2-1-3-7)8-4-11-6-12-5-8/h4-7,9,13H,1-3,10H2. The lowest BCUT2D eigenvalue weighted by Crippen LogP contribution is -2.36. The minimum absolute atomic E-state index is 0.231. The number of hydrogen-bond acceptors (Lipinski definition) is 4. The Kier molecular flexibility index (Phi) is 2.52.